The second-order valence-corrected chi connectivity index (χ2v) is 9.49. The molecule has 0 unspecified atom stereocenters. The van der Waals surface area contributed by atoms with Crippen molar-refractivity contribution in [3.63, 3.8) is 0 Å². The third-order valence-electron chi connectivity index (χ3n) is 4.38. The molecule has 1 aromatic rings. The minimum atomic E-state index is -1.39. The quantitative estimate of drug-likeness (QED) is 0.339. The van der Waals surface area contributed by atoms with Gasteiger partial charge < -0.3 is 9.47 Å². The van der Waals surface area contributed by atoms with Crippen LogP contribution >= 0.6 is 0 Å². The molecule has 11 heteroatoms. The molecular weight excluding hydrogens is 418 g/mol. The Labute approximate surface area is 187 Å². The summed E-state index contributed by atoms with van der Waals surface area (Å²) >= 11 is 0. The largest absolute Gasteiger partial charge is 0.458 e. The monoisotopic (exact) mass is 449 g/mol. The number of rotatable bonds is 6. The Morgan fingerprint density at radius 3 is 2.19 bits per heavy atom. The standard InChI is InChI=1S/C21H31N5O6/c1-19(2,3)31-17(27)21(25-24-18(28)32-20(4,5)6)13-7-8-16(21)23-22-14-9-11-15(12-10-14)26(29)30/h9-12,22,25H,7-8,13H2,1-6H3,(H,24,28)/b23-16+/t21-/m1/s1. The summed E-state index contributed by atoms with van der Waals surface area (Å²) in [6, 6.07) is 5.72. The molecule has 1 atom stereocenters. The SMILES string of the molecule is CC(C)(C)OC(=O)NN[C@]1(C(=O)OC(C)(C)C)CCC/C1=N\Nc1ccc([N+](=O)[O-])cc1. The van der Waals surface area contributed by atoms with Crippen LogP contribution in [0.3, 0.4) is 0 Å². The predicted octanol–water partition coefficient (Wildman–Crippen LogP) is 3.66. The molecule has 1 amide bonds. The summed E-state index contributed by atoms with van der Waals surface area (Å²) in [5, 5.41) is 15.2. The molecule has 0 aromatic heterocycles. The van der Waals surface area contributed by atoms with Crippen LogP contribution in [0.5, 0.6) is 0 Å². The topological polar surface area (TPSA) is 144 Å². The lowest BCUT2D eigenvalue weighted by atomic mass is 9.96. The molecule has 1 fully saturated rings. The van der Waals surface area contributed by atoms with E-state index in [0.717, 1.165) is 0 Å². The van der Waals surface area contributed by atoms with Crippen LogP contribution in [0.1, 0.15) is 60.8 Å². The van der Waals surface area contributed by atoms with E-state index < -0.39 is 33.7 Å². The van der Waals surface area contributed by atoms with Crippen LogP contribution in [0, 0.1) is 10.1 Å². The van der Waals surface area contributed by atoms with Crippen LogP contribution in [0.2, 0.25) is 0 Å². The van der Waals surface area contributed by atoms with E-state index in [1.807, 2.05) is 0 Å². The van der Waals surface area contributed by atoms with Gasteiger partial charge in [-0.05, 0) is 72.9 Å². The first-order valence-electron chi connectivity index (χ1n) is 10.3. The Bertz CT molecular complexity index is 885. The lowest BCUT2D eigenvalue weighted by Crippen LogP contribution is -2.63. The van der Waals surface area contributed by atoms with E-state index in [-0.39, 0.29) is 5.69 Å². The number of hydrogen-bond acceptors (Lipinski definition) is 9. The normalized spacial score (nSPS) is 20.0. The Balaban J connectivity index is 2.27. The minimum Gasteiger partial charge on any atom is -0.458 e. The number of hydrazone groups is 1. The maximum absolute atomic E-state index is 13.2. The van der Waals surface area contributed by atoms with E-state index in [9.17, 15) is 19.7 Å². The second kappa shape index (κ2) is 9.51. The first kappa shape index (κ1) is 25.1. The van der Waals surface area contributed by atoms with Gasteiger partial charge in [0.15, 0.2) is 5.54 Å². The van der Waals surface area contributed by atoms with Gasteiger partial charge in [0.05, 0.1) is 16.3 Å². The van der Waals surface area contributed by atoms with Gasteiger partial charge in [-0.3, -0.25) is 21.0 Å². The molecule has 0 aliphatic heterocycles. The number of ether oxygens (including phenoxy) is 2. The number of hydrogen-bond donors (Lipinski definition) is 3. The van der Waals surface area contributed by atoms with Gasteiger partial charge in [-0.1, -0.05) is 0 Å². The highest BCUT2D eigenvalue weighted by Gasteiger charge is 2.50. The fourth-order valence-electron chi connectivity index (χ4n) is 3.05. The van der Waals surface area contributed by atoms with Crippen LogP contribution < -0.4 is 16.3 Å². The molecule has 0 heterocycles. The zero-order valence-corrected chi connectivity index (χ0v) is 19.3. The summed E-state index contributed by atoms with van der Waals surface area (Å²) < 4.78 is 10.8. The van der Waals surface area contributed by atoms with Gasteiger partial charge >= 0.3 is 12.1 Å². The van der Waals surface area contributed by atoms with Crippen molar-refractivity contribution in [3.8, 4) is 0 Å². The highest BCUT2D eigenvalue weighted by molar-refractivity contribution is 6.13. The van der Waals surface area contributed by atoms with E-state index in [2.05, 4.69) is 21.4 Å². The van der Waals surface area contributed by atoms with Crippen LogP contribution in [-0.4, -0.2) is 39.4 Å². The zero-order valence-electron chi connectivity index (χ0n) is 19.3. The van der Waals surface area contributed by atoms with Crippen molar-refractivity contribution in [1.82, 2.24) is 10.9 Å². The molecule has 2 rings (SSSR count). The summed E-state index contributed by atoms with van der Waals surface area (Å²) in [7, 11) is 0. The number of carbonyl (C=O) groups excluding carboxylic acids is 2. The lowest BCUT2D eigenvalue weighted by molar-refractivity contribution is -0.384. The number of esters is 1. The van der Waals surface area contributed by atoms with Gasteiger partial charge in [0, 0.05) is 12.1 Å². The first-order valence-corrected chi connectivity index (χ1v) is 10.3. The number of benzene rings is 1. The molecule has 1 aliphatic rings. The zero-order chi connectivity index (χ0) is 24.2. The van der Waals surface area contributed by atoms with E-state index in [0.29, 0.717) is 30.7 Å². The van der Waals surface area contributed by atoms with Gasteiger partial charge in [-0.25, -0.2) is 15.0 Å². The number of nitrogens with one attached hydrogen (secondary N) is 3. The molecule has 0 spiro atoms. The number of nitro benzene ring substituents is 1. The van der Waals surface area contributed by atoms with Gasteiger partial charge in [0.1, 0.15) is 11.2 Å². The van der Waals surface area contributed by atoms with Crippen LogP contribution in [0.4, 0.5) is 16.2 Å². The van der Waals surface area contributed by atoms with Gasteiger partial charge in [-0.2, -0.15) is 5.10 Å². The van der Waals surface area contributed by atoms with Gasteiger partial charge in [0.25, 0.3) is 5.69 Å². The number of nitro groups is 1. The molecule has 1 aliphatic carbocycles. The third-order valence-corrected chi connectivity index (χ3v) is 4.38. The molecule has 3 N–H and O–H groups in total. The van der Waals surface area contributed by atoms with Crippen molar-refractivity contribution in [1.29, 1.82) is 0 Å². The maximum Gasteiger partial charge on any atom is 0.422 e. The molecular formula is C21H31N5O6. The summed E-state index contributed by atoms with van der Waals surface area (Å²) in [5.41, 5.74) is 6.09. The van der Waals surface area contributed by atoms with Crippen molar-refractivity contribution in [2.24, 2.45) is 5.10 Å². The number of nitrogens with zero attached hydrogens (tertiary/aromatic N) is 2. The number of amides is 1. The average molecular weight is 450 g/mol. The Morgan fingerprint density at radius 2 is 1.66 bits per heavy atom. The average Bonchev–Trinajstić information content (AvgIpc) is 3.06. The van der Waals surface area contributed by atoms with Crippen LogP contribution in [-0.2, 0) is 14.3 Å². The highest BCUT2D eigenvalue weighted by Crippen LogP contribution is 2.30. The summed E-state index contributed by atoms with van der Waals surface area (Å²) in [6.07, 6.45) is 0.707. The van der Waals surface area contributed by atoms with E-state index >= 15 is 0 Å². The Kier molecular flexibility index (Phi) is 7.45. The molecule has 0 radical (unpaired) electrons. The second-order valence-electron chi connectivity index (χ2n) is 9.49. The smallest absolute Gasteiger partial charge is 0.422 e. The molecule has 32 heavy (non-hydrogen) atoms. The fraction of sp³-hybridized carbons (Fsp3) is 0.571. The van der Waals surface area contributed by atoms with Crippen molar-refractivity contribution in [3.05, 3.63) is 34.4 Å². The fourth-order valence-corrected chi connectivity index (χ4v) is 3.05. The van der Waals surface area contributed by atoms with E-state index in [1.165, 1.54) is 24.3 Å². The predicted molar refractivity (Wildman–Crippen MR) is 119 cm³/mol. The summed E-state index contributed by atoms with van der Waals surface area (Å²) in [4.78, 5) is 35.7. The molecule has 1 aromatic carbocycles. The van der Waals surface area contributed by atoms with Crippen molar-refractivity contribution < 1.29 is 24.0 Å². The molecule has 176 valence electrons. The number of non-ortho nitro benzene ring substituents is 1. The van der Waals surface area contributed by atoms with Crippen molar-refractivity contribution in [2.45, 2.75) is 77.5 Å². The Hall–Kier alpha value is -3.21. The van der Waals surface area contributed by atoms with Crippen molar-refractivity contribution in [2.75, 3.05) is 5.43 Å². The van der Waals surface area contributed by atoms with Gasteiger partial charge in [-0.15, -0.1) is 0 Å². The maximum atomic E-state index is 13.2. The molecule has 0 saturated heterocycles. The summed E-state index contributed by atoms with van der Waals surface area (Å²) in [5.74, 6) is -0.581. The van der Waals surface area contributed by atoms with Crippen LogP contribution in [0.15, 0.2) is 29.4 Å². The number of anilines is 1. The Morgan fingerprint density at radius 1 is 1.06 bits per heavy atom. The number of hydrazine groups is 1. The summed E-state index contributed by atoms with van der Waals surface area (Å²) in [6.45, 7) is 10.4. The van der Waals surface area contributed by atoms with E-state index in [1.54, 1.807) is 41.5 Å². The third kappa shape index (κ3) is 6.91. The highest BCUT2D eigenvalue weighted by atomic mass is 16.6. The lowest BCUT2D eigenvalue weighted by Gasteiger charge is -2.32. The van der Waals surface area contributed by atoms with Gasteiger partial charge in [0.2, 0.25) is 0 Å². The minimum absolute atomic E-state index is 0.0459. The number of carbonyl (C=O) groups is 2. The first-order chi connectivity index (χ1) is 14.7. The van der Waals surface area contributed by atoms with Crippen LogP contribution in [0.25, 0.3) is 0 Å². The molecule has 0 bridgehead atoms. The molecule has 11 nitrogen and oxygen atoms in total. The van der Waals surface area contributed by atoms with Crippen molar-refractivity contribution >= 4 is 29.1 Å². The van der Waals surface area contributed by atoms with E-state index in [4.69, 9.17) is 9.47 Å². The molecule has 1 saturated carbocycles.